The van der Waals surface area contributed by atoms with Gasteiger partial charge in [-0.25, -0.2) is 4.79 Å². The lowest BCUT2D eigenvalue weighted by atomic mass is 10.2. The third-order valence-electron chi connectivity index (χ3n) is 2.21. The second-order valence-corrected chi connectivity index (χ2v) is 4.28. The maximum absolute atomic E-state index is 11.5. The molecule has 0 aliphatic heterocycles. The summed E-state index contributed by atoms with van der Waals surface area (Å²) in [5.74, 6) is -1.55. The number of hydrogen-bond donors (Lipinski definition) is 1. The van der Waals surface area contributed by atoms with Crippen molar-refractivity contribution < 1.29 is 19.1 Å². The van der Waals surface area contributed by atoms with Crippen molar-refractivity contribution in [2.24, 2.45) is 0 Å². The Hall–Kier alpha value is -2.43. The van der Waals surface area contributed by atoms with Crippen LogP contribution in [0, 0.1) is 5.41 Å². The molecular formula is C15H17NO4. The zero-order valence-corrected chi connectivity index (χ0v) is 11.5. The monoisotopic (exact) mass is 275 g/mol. The van der Waals surface area contributed by atoms with Gasteiger partial charge in [-0.05, 0) is 19.4 Å². The maximum Gasteiger partial charge on any atom is 0.334 e. The zero-order chi connectivity index (χ0) is 15.0. The van der Waals surface area contributed by atoms with E-state index in [4.69, 9.17) is 14.9 Å². The molecule has 0 aliphatic carbocycles. The summed E-state index contributed by atoms with van der Waals surface area (Å²) < 4.78 is 10.2. The standard InChI is InChI=1S/C15H17NO4/c1-11(2)20-15(18)8-14(13(17)9-16)19-10-12-6-4-3-5-7-12/h3-9,11,16H,10H2,1-2H3/b14-8-,16-9?. The number of carbonyl (C=O) groups excluding carboxylic acids is 2. The molecule has 1 aromatic rings. The number of ketones is 1. The molecule has 0 aliphatic rings. The zero-order valence-electron chi connectivity index (χ0n) is 11.5. The predicted molar refractivity (Wildman–Crippen MR) is 74.3 cm³/mol. The van der Waals surface area contributed by atoms with Gasteiger partial charge in [0.05, 0.1) is 18.4 Å². The van der Waals surface area contributed by atoms with E-state index in [1.807, 2.05) is 30.3 Å². The smallest absolute Gasteiger partial charge is 0.334 e. The van der Waals surface area contributed by atoms with Crippen LogP contribution in [0.1, 0.15) is 19.4 Å². The van der Waals surface area contributed by atoms with Crippen LogP contribution in [0.5, 0.6) is 0 Å². The third kappa shape index (κ3) is 5.48. The van der Waals surface area contributed by atoms with Gasteiger partial charge in [-0.15, -0.1) is 0 Å². The highest BCUT2D eigenvalue weighted by molar-refractivity contribution is 6.34. The molecule has 1 N–H and O–H groups in total. The van der Waals surface area contributed by atoms with E-state index < -0.39 is 11.8 Å². The van der Waals surface area contributed by atoms with Gasteiger partial charge in [0.25, 0.3) is 0 Å². The summed E-state index contributed by atoms with van der Waals surface area (Å²) in [5.41, 5.74) is 0.855. The van der Waals surface area contributed by atoms with Crippen LogP contribution in [-0.2, 0) is 25.7 Å². The number of hydrogen-bond acceptors (Lipinski definition) is 5. The first-order chi connectivity index (χ1) is 9.52. The lowest BCUT2D eigenvalue weighted by Gasteiger charge is -2.09. The molecule has 0 heterocycles. The molecule has 106 valence electrons. The van der Waals surface area contributed by atoms with E-state index in [1.54, 1.807) is 13.8 Å². The number of rotatable bonds is 7. The second kappa shape index (κ2) is 7.89. The summed E-state index contributed by atoms with van der Waals surface area (Å²) in [7, 11) is 0. The average Bonchev–Trinajstić information content (AvgIpc) is 2.42. The molecule has 1 rings (SSSR count). The summed E-state index contributed by atoms with van der Waals surface area (Å²) in [6.45, 7) is 3.55. The topological polar surface area (TPSA) is 76.5 Å². The molecule has 0 aromatic heterocycles. The number of benzene rings is 1. The average molecular weight is 275 g/mol. The van der Waals surface area contributed by atoms with Crippen molar-refractivity contribution in [3.8, 4) is 0 Å². The first-order valence-electron chi connectivity index (χ1n) is 6.16. The molecule has 0 fully saturated rings. The molecular weight excluding hydrogens is 258 g/mol. The fourth-order valence-corrected chi connectivity index (χ4v) is 1.36. The van der Waals surface area contributed by atoms with Crippen LogP contribution >= 0.6 is 0 Å². The summed E-state index contributed by atoms with van der Waals surface area (Å²) in [6.07, 6.45) is 1.28. The lowest BCUT2D eigenvalue weighted by Crippen LogP contribution is -2.14. The minimum Gasteiger partial charge on any atom is -0.484 e. The molecule has 1 aromatic carbocycles. The molecule has 5 heteroatoms. The Kier molecular flexibility index (Phi) is 6.16. The summed E-state index contributed by atoms with van der Waals surface area (Å²) >= 11 is 0. The van der Waals surface area contributed by atoms with Crippen LogP contribution in [-0.4, -0.2) is 24.1 Å². The fourth-order valence-electron chi connectivity index (χ4n) is 1.36. The van der Waals surface area contributed by atoms with Gasteiger partial charge in [0.2, 0.25) is 5.78 Å². The SMILES string of the molecule is CC(C)OC(=O)/C=C(\OCc1ccccc1)C(=O)C=N. The highest BCUT2D eigenvalue weighted by atomic mass is 16.5. The number of esters is 1. The summed E-state index contributed by atoms with van der Waals surface area (Å²) in [6, 6.07) is 9.21. The van der Waals surface area contributed by atoms with E-state index in [9.17, 15) is 9.59 Å². The Bertz CT molecular complexity index is 506. The van der Waals surface area contributed by atoms with Crippen molar-refractivity contribution in [1.82, 2.24) is 0 Å². The molecule has 0 spiro atoms. The largest absolute Gasteiger partial charge is 0.484 e. The van der Waals surface area contributed by atoms with Gasteiger partial charge < -0.3 is 14.9 Å². The Balaban J connectivity index is 2.74. The lowest BCUT2D eigenvalue weighted by molar-refractivity contribution is -0.141. The molecule has 0 bridgehead atoms. The Morgan fingerprint density at radius 3 is 2.45 bits per heavy atom. The van der Waals surface area contributed by atoms with E-state index in [0.29, 0.717) is 6.21 Å². The van der Waals surface area contributed by atoms with Gasteiger partial charge in [0, 0.05) is 0 Å². The van der Waals surface area contributed by atoms with E-state index in [0.717, 1.165) is 11.6 Å². The summed E-state index contributed by atoms with van der Waals surface area (Å²) in [5, 5.41) is 6.96. The number of allylic oxidation sites excluding steroid dienone is 1. The van der Waals surface area contributed by atoms with Crippen molar-refractivity contribution in [2.75, 3.05) is 0 Å². The normalized spacial score (nSPS) is 11.1. The van der Waals surface area contributed by atoms with Crippen LogP contribution in [0.3, 0.4) is 0 Å². The van der Waals surface area contributed by atoms with Crippen molar-refractivity contribution in [1.29, 1.82) is 5.41 Å². The van der Waals surface area contributed by atoms with Crippen LogP contribution < -0.4 is 0 Å². The Labute approximate surface area is 117 Å². The van der Waals surface area contributed by atoms with Crippen LogP contribution in [0.15, 0.2) is 42.2 Å². The summed E-state index contributed by atoms with van der Waals surface area (Å²) in [4.78, 5) is 23.0. The van der Waals surface area contributed by atoms with E-state index in [2.05, 4.69) is 0 Å². The molecule has 0 radical (unpaired) electrons. The van der Waals surface area contributed by atoms with Gasteiger partial charge in [-0.2, -0.15) is 0 Å². The molecule has 0 saturated carbocycles. The fraction of sp³-hybridized carbons (Fsp3) is 0.267. The van der Waals surface area contributed by atoms with Gasteiger partial charge >= 0.3 is 5.97 Å². The molecule has 20 heavy (non-hydrogen) atoms. The first kappa shape index (κ1) is 15.6. The van der Waals surface area contributed by atoms with Crippen molar-refractivity contribution >= 4 is 18.0 Å². The minimum absolute atomic E-state index is 0.140. The molecule has 0 amide bonds. The van der Waals surface area contributed by atoms with Gasteiger partial charge in [-0.3, -0.25) is 4.79 Å². The highest BCUT2D eigenvalue weighted by Crippen LogP contribution is 2.07. The Morgan fingerprint density at radius 1 is 1.25 bits per heavy atom. The van der Waals surface area contributed by atoms with Gasteiger partial charge in [-0.1, -0.05) is 30.3 Å². The number of Topliss-reactive ketones (excluding diaryl/α,β-unsaturated/α-hetero) is 1. The highest BCUT2D eigenvalue weighted by Gasteiger charge is 2.12. The molecule has 0 unspecified atom stereocenters. The third-order valence-corrected chi connectivity index (χ3v) is 2.21. The van der Waals surface area contributed by atoms with E-state index in [-0.39, 0.29) is 18.5 Å². The van der Waals surface area contributed by atoms with Crippen molar-refractivity contribution in [3.05, 3.63) is 47.7 Å². The van der Waals surface area contributed by atoms with Crippen molar-refractivity contribution in [2.45, 2.75) is 26.6 Å². The first-order valence-corrected chi connectivity index (χ1v) is 6.16. The van der Waals surface area contributed by atoms with Crippen LogP contribution in [0.4, 0.5) is 0 Å². The molecule has 5 nitrogen and oxygen atoms in total. The van der Waals surface area contributed by atoms with Gasteiger partial charge in [0.15, 0.2) is 5.76 Å². The quantitative estimate of drug-likeness (QED) is 0.358. The number of carbonyl (C=O) groups is 2. The number of nitrogens with one attached hydrogen (secondary N) is 1. The van der Waals surface area contributed by atoms with E-state index >= 15 is 0 Å². The molecule has 0 saturated heterocycles. The molecule has 0 atom stereocenters. The second-order valence-electron chi connectivity index (χ2n) is 4.28. The van der Waals surface area contributed by atoms with Crippen molar-refractivity contribution in [3.63, 3.8) is 0 Å². The maximum atomic E-state index is 11.5. The van der Waals surface area contributed by atoms with E-state index in [1.165, 1.54) is 0 Å². The van der Waals surface area contributed by atoms with Gasteiger partial charge in [0.1, 0.15) is 6.61 Å². The van der Waals surface area contributed by atoms with Crippen LogP contribution in [0.25, 0.3) is 0 Å². The minimum atomic E-state index is -0.679. The Morgan fingerprint density at radius 2 is 1.90 bits per heavy atom. The predicted octanol–water partition coefficient (Wildman–Crippen LogP) is 2.26. The van der Waals surface area contributed by atoms with Crippen LogP contribution in [0.2, 0.25) is 0 Å². The number of ether oxygens (including phenoxy) is 2.